The van der Waals surface area contributed by atoms with E-state index in [4.69, 9.17) is 0 Å². The molecule has 0 N–H and O–H groups in total. The van der Waals surface area contributed by atoms with Crippen LogP contribution >= 0.6 is 0 Å². The predicted molar refractivity (Wildman–Crippen MR) is 38.6 cm³/mol. The fraction of sp³-hybridized carbons (Fsp3) is 0.625. The minimum atomic E-state index is 0.999. The van der Waals surface area contributed by atoms with Gasteiger partial charge in [-0.3, -0.25) is 0 Å². The highest BCUT2D eigenvalue weighted by Crippen LogP contribution is 2.07. The third kappa shape index (κ3) is 3.91. The van der Waals surface area contributed by atoms with Crippen molar-refractivity contribution in [3.63, 3.8) is 0 Å². The molecule has 0 nitrogen and oxygen atoms in total. The van der Waals surface area contributed by atoms with Crippen LogP contribution in [-0.2, 0) is 0 Å². The fourth-order valence-corrected chi connectivity index (χ4v) is 0.729. The van der Waals surface area contributed by atoms with Gasteiger partial charge in [-0.25, -0.2) is 0 Å². The maximum Gasteiger partial charge on any atom is -0.0323 e. The Kier molecular flexibility index (Phi) is 4.73. The maximum absolute atomic E-state index is 3.89. The van der Waals surface area contributed by atoms with Gasteiger partial charge in [0, 0.05) is 0 Å². The summed E-state index contributed by atoms with van der Waals surface area (Å²) in [7, 11) is 0. The average molecular weight is 111 g/mol. The molecule has 0 aliphatic rings. The highest BCUT2D eigenvalue weighted by Gasteiger charge is 1.87. The van der Waals surface area contributed by atoms with Gasteiger partial charge in [0.25, 0.3) is 0 Å². The summed E-state index contributed by atoms with van der Waals surface area (Å²) in [4.78, 5) is 0. The summed E-state index contributed by atoms with van der Waals surface area (Å²) in [6.45, 7) is 9.82. The second kappa shape index (κ2) is 4.89. The summed E-state index contributed by atoms with van der Waals surface area (Å²) >= 11 is 0. The quantitative estimate of drug-likeness (QED) is 0.489. The Hall–Kier alpha value is -0.260. The van der Waals surface area contributed by atoms with E-state index in [0.29, 0.717) is 0 Å². The molecule has 0 atom stereocenters. The smallest absolute Gasteiger partial charge is 0.0323 e. The number of hydrogen-bond donors (Lipinski definition) is 0. The second-order valence-electron chi connectivity index (χ2n) is 2.10. The first-order chi connectivity index (χ1) is 3.81. The summed E-state index contributed by atoms with van der Waals surface area (Å²) in [5, 5.41) is 0. The van der Waals surface area contributed by atoms with Gasteiger partial charge in [-0.1, -0.05) is 32.4 Å². The molecule has 1 radical (unpaired) electrons. The summed E-state index contributed by atoms with van der Waals surface area (Å²) in [5.74, 6) is 0. The van der Waals surface area contributed by atoms with Gasteiger partial charge >= 0.3 is 0 Å². The van der Waals surface area contributed by atoms with E-state index in [1.54, 1.807) is 0 Å². The van der Waals surface area contributed by atoms with Crippen LogP contribution in [0.2, 0.25) is 0 Å². The summed E-state index contributed by atoms with van der Waals surface area (Å²) in [6, 6.07) is 0. The monoisotopic (exact) mass is 111 g/mol. The van der Waals surface area contributed by atoms with Crippen LogP contribution in [0.1, 0.15) is 32.6 Å². The van der Waals surface area contributed by atoms with Crippen molar-refractivity contribution in [1.29, 1.82) is 0 Å². The van der Waals surface area contributed by atoms with Crippen molar-refractivity contribution in [3.8, 4) is 0 Å². The molecule has 0 aromatic carbocycles. The van der Waals surface area contributed by atoms with E-state index in [1.807, 2.05) is 0 Å². The molecule has 0 heteroatoms. The van der Waals surface area contributed by atoms with Crippen molar-refractivity contribution in [2.24, 2.45) is 0 Å². The molecule has 0 saturated carbocycles. The molecule has 8 heavy (non-hydrogen) atoms. The zero-order valence-corrected chi connectivity index (χ0v) is 5.74. The van der Waals surface area contributed by atoms with Gasteiger partial charge in [0.15, 0.2) is 0 Å². The second-order valence-corrected chi connectivity index (χ2v) is 2.10. The van der Waals surface area contributed by atoms with Crippen LogP contribution < -0.4 is 0 Å². The van der Waals surface area contributed by atoms with E-state index in [1.165, 1.54) is 18.4 Å². The third-order valence-corrected chi connectivity index (χ3v) is 1.13. The number of rotatable bonds is 4. The van der Waals surface area contributed by atoms with Crippen molar-refractivity contribution in [1.82, 2.24) is 0 Å². The van der Waals surface area contributed by atoms with Crippen molar-refractivity contribution in [2.45, 2.75) is 32.6 Å². The molecule has 0 fully saturated rings. The number of allylic oxidation sites excluding steroid dienone is 1. The van der Waals surface area contributed by atoms with Crippen molar-refractivity contribution < 1.29 is 0 Å². The molecule has 0 spiro atoms. The van der Waals surface area contributed by atoms with Gasteiger partial charge in [-0.05, 0) is 19.3 Å². The first-order valence-corrected chi connectivity index (χ1v) is 3.27. The van der Waals surface area contributed by atoms with Gasteiger partial charge < -0.3 is 0 Å². The van der Waals surface area contributed by atoms with Crippen LogP contribution in [-0.4, -0.2) is 0 Å². The largest absolute Gasteiger partial charge is 0.0999 e. The third-order valence-electron chi connectivity index (χ3n) is 1.13. The molecular weight excluding hydrogens is 96.1 g/mol. The summed E-state index contributed by atoms with van der Waals surface area (Å²) in [6.07, 6.45) is 4.50. The molecule has 0 amide bonds. The van der Waals surface area contributed by atoms with Gasteiger partial charge in [0.05, 0.1) is 0 Å². The Labute approximate surface area is 52.6 Å². The molecule has 0 bridgehead atoms. The Morgan fingerprint density at radius 3 is 2.38 bits per heavy atom. The van der Waals surface area contributed by atoms with Crippen LogP contribution in [0.5, 0.6) is 0 Å². The molecule has 0 rings (SSSR count). The van der Waals surface area contributed by atoms with E-state index in [-0.39, 0.29) is 0 Å². The van der Waals surface area contributed by atoms with E-state index < -0.39 is 0 Å². The molecule has 0 saturated heterocycles. The Morgan fingerprint density at radius 1 is 1.38 bits per heavy atom. The lowest BCUT2D eigenvalue weighted by Crippen LogP contribution is -1.77. The molecule has 0 aromatic rings. The lowest BCUT2D eigenvalue weighted by atomic mass is 10.1. The van der Waals surface area contributed by atoms with Gasteiger partial charge in [0.1, 0.15) is 0 Å². The minimum Gasteiger partial charge on any atom is -0.0999 e. The van der Waals surface area contributed by atoms with Crippen LogP contribution in [0, 0.1) is 6.92 Å². The zero-order chi connectivity index (χ0) is 6.41. The molecule has 0 aliphatic heterocycles. The average Bonchev–Trinajstić information content (AvgIpc) is 1.68. The molecular formula is C8H15. The lowest BCUT2D eigenvalue weighted by molar-refractivity contribution is 0.833. The van der Waals surface area contributed by atoms with Crippen LogP contribution in [0.4, 0.5) is 0 Å². The van der Waals surface area contributed by atoms with E-state index >= 15 is 0 Å². The standard InChI is InChI=1S/C8H15/c1-4-6-8(3)7-5-2/h1,3-7H2,2H3. The van der Waals surface area contributed by atoms with Crippen LogP contribution in [0.25, 0.3) is 0 Å². The van der Waals surface area contributed by atoms with Crippen molar-refractivity contribution >= 4 is 0 Å². The molecule has 0 unspecified atom stereocenters. The Morgan fingerprint density at radius 2 is 2.00 bits per heavy atom. The fourth-order valence-electron chi connectivity index (χ4n) is 0.729. The normalized spacial score (nSPS) is 9.25. The van der Waals surface area contributed by atoms with Crippen LogP contribution in [0.3, 0.4) is 0 Å². The topological polar surface area (TPSA) is 0 Å². The lowest BCUT2D eigenvalue weighted by Gasteiger charge is -1.97. The zero-order valence-electron chi connectivity index (χ0n) is 5.74. The molecule has 0 aliphatic carbocycles. The molecule has 0 aromatic heterocycles. The SMILES string of the molecule is [CH2]CCC(=C)CCC. The van der Waals surface area contributed by atoms with Crippen molar-refractivity contribution in [3.05, 3.63) is 19.1 Å². The Balaban J connectivity index is 3.06. The van der Waals surface area contributed by atoms with E-state index in [2.05, 4.69) is 20.4 Å². The van der Waals surface area contributed by atoms with Gasteiger partial charge in [-0.15, -0.1) is 0 Å². The number of hydrogen-bond acceptors (Lipinski definition) is 0. The van der Waals surface area contributed by atoms with E-state index in [0.717, 1.165) is 12.8 Å². The highest BCUT2D eigenvalue weighted by molar-refractivity contribution is 4.93. The first kappa shape index (κ1) is 7.74. The molecule has 47 valence electrons. The van der Waals surface area contributed by atoms with Crippen LogP contribution in [0.15, 0.2) is 12.2 Å². The Bertz CT molecular complexity index is 54.4. The highest BCUT2D eigenvalue weighted by atomic mass is 13.9. The minimum absolute atomic E-state index is 0.999. The van der Waals surface area contributed by atoms with Crippen molar-refractivity contribution in [2.75, 3.05) is 0 Å². The van der Waals surface area contributed by atoms with Gasteiger partial charge in [-0.2, -0.15) is 0 Å². The maximum atomic E-state index is 3.89. The molecule has 0 heterocycles. The predicted octanol–water partition coefficient (Wildman–Crippen LogP) is 2.96. The summed E-state index contributed by atoms with van der Waals surface area (Å²) in [5.41, 5.74) is 1.35. The first-order valence-electron chi connectivity index (χ1n) is 3.27. The van der Waals surface area contributed by atoms with Gasteiger partial charge in [0.2, 0.25) is 0 Å². The van der Waals surface area contributed by atoms with E-state index in [9.17, 15) is 0 Å². The summed E-state index contributed by atoms with van der Waals surface area (Å²) < 4.78 is 0.